The van der Waals surface area contributed by atoms with Crippen LogP contribution < -0.4 is 5.32 Å². The van der Waals surface area contributed by atoms with Gasteiger partial charge in [0.05, 0.1) is 0 Å². The maximum Gasteiger partial charge on any atom is 0.276 e. The molecule has 0 bridgehead atoms. The van der Waals surface area contributed by atoms with Crippen LogP contribution in [-0.2, 0) is 5.75 Å². The fraction of sp³-hybridized carbons (Fsp3) is 0.143. The molecule has 1 N–H and O–H groups in total. The first kappa shape index (κ1) is 15.1. The van der Waals surface area contributed by atoms with E-state index in [9.17, 15) is 4.79 Å². The van der Waals surface area contributed by atoms with Gasteiger partial charge in [0.2, 0.25) is 5.13 Å². The highest BCUT2D eigenvalue weighted by Crippen LogP contribution is 2.29. The van der Waals surface area contributed by atoms with E-state index in [0.29, 0.717) is 10.8 Å². The van der Waals surface area contributed by atoms with Crippen molar-refractivity contribution >= 4 is 45.5 Å². The fourth-order valence-corrected chi connectivity index (χ4v) is 4.20. The van der Waals surface area contributed by atoms with Gasteiger partial charge in [0.25, 0.3) is 5.91 Å². The Morgan fingerprint density at radius 1 is 1.27 bits per heavy atom. The van der Waals surface area contributed by atoms with Crippen molar-refractivity contribution in [2.75, 3.05) is 5.32 Å². The zero-order valence-corrected chi connectivity index (χ0v) is 14.1. The number of thioether (sulfide) groups is 1. The van der Waals surface area contributed by atoms with Crippen molar-refractivity contribution in [2.45, 2.75) is 17.0 Å². The Bertz CT molecular complexity index is 770. The smallest absolute Gasteiger partial charge is 0.276 e. The molecule has 0 aliphatic rings. The van der Waals surface area contributed by atoms with E-state index in [1.54, 1.807) is 35.2 Å². The molecule has 3 rings (SSSR count). The Morgan fingerprint density at radius 3 is 2.95 bits per heavy atom. The number of pyridine rings is 1. The number of nitrogens with one attached hydrogen (secondary N) is 1. The van der Waals surface area contributed by atoms with Crippen LogP contribution in [0.4, 0.5) is 5.13 Å². The summed E-state index contributed by atoms with van der Waals surface area (Å²) in [5.74, 6) is 0.592. The van der Waals surface area contributed by atoms with Crippen LogP contribution in [0.1, 0.15) is 21.1 Å². The van der Waals surface area contributed by atoms with Crippen molar-refractivity contribution in [2.24, 2.45) is 0 Å². The van der Waals surface area contributed by atoms with Gasteiger partial charge < -0.3 is 0 Å². The number of carbonyl (C=O) groups is 1. The summed E-state index contributed by atoms with van der Waals surface area (Å²) < 4.78 is 0.834. The van der Waals surface area contributed by atoms with Gasteiger partial charge in [-0.05, 0) is 30.5 Å². The third kappa shape index (κ3) is 3.90. The van der Waals surface area contributed by atoms with E-state index < -0.39 is 0 Å². The summed E-state index contributed by atoms with van der Waals surface area (Å²) >= 11 is 4.70. The van der Waals surface area contributed by atoms with Crippen molar-refractivity contribution in [1.29, 1.82) is 0 Å². The van der Waals surface area contributed by atoms with Gasteiger partial charge in [-0.1, -0.05) is 35.2 Å². The third-order valence-electron chi connectivity index (χ3n) is 2.67. The summed E-state index contributed by atoms with van der Waals surface area (Å²) in [7, 11) is 0. The molecule has 112 valence electrons. The van der Waals surface area contributed by atoms with E-state index in [1.807, 2.05) is 19.1 Å². The van der Waals surface area contributed by atoms with Gasteiger partial charge >= 0.3 is 0 Å². The van der Waals surface area contributed by atoms with Crippen molar-refractivity contribution < 1.29 is 4.79 Å². The molecule has 22 heavy (non-hydrogen) atoms. The molecule has 0 aliphatic heterocycles. The van der Waals surface area contributed by atoms with Crippen LogP contribution in [0, 0.1) is 6.92 Å². The Morgan fingerprint density at radius 2 is 2.18 bits per heavy atom. The molecule has 8 heteroatoms. The largest absolute Gasteiger partial charge is 0.295 e. The van der Waals surface area contributed by atoms with Crippen LogP contribution in [0.2, 0.25) is 0 Å². The SMILES string of the molecule is Cc1cccc(C(=O)Nc2nnc(SCc3cccs3)s2)n1. The number of rotatable bonds is 5. The van der Waals surface area contributed by atoms with Crippen molar-refractivity contribution in [3.8, 4) is 0 Å². The molecule has 1 amide bonds. The van der Waals surface area contributed by atoms with Gasteiger partial charge in [0.1, 0.15) is 5.69 Å². The average molecular weight is 348 g/mol. The second-order valence-corrected chi connectivity index (χ2v) is 7.59. The first-order valence-electron chi connectivity index (χ1n) is 6.44. The zero-order valence-electron chi connectivity index (χ0n) is 11.6. The monoisotopic (exact) mass is 348 g/mol. The van der Waals surface area contributed by atoms with Crippen LogP contribution >= 0.6 is 34.4 Å². The highest BCUT2D eigenvalue weighted by atomic mass is 32.2. The van der Waals surface area contributed by atoms with Crippen LogP contribution in [0.15, 0.2) is 40.1 Å². The molecule has 0 spiro atoms. The molecule has 5 nitrogen and oxygen atoms in total. The lowest BCUT2D eigenvalue weighted by Crippen LogP contribution is -2.13. The molecular formula is C14H12N4OS3. The molecule has 0 unspecified atom stereocenters. The maximum absolute atomic E-state index is 12.1. The van der Waals surface area contributed by atoms with Crippen LogP contribution in [-0.4, -0.2) is 21.1 Å². The summed E-state index contributed by atoms with van der Waals surface area (Å²) in [5.41, 5.74) is 1.18. The first-order valence-corrected chi connectivity index (χ1v) is 9.12. The number of aryl methyl sites for hydroxylation is 1. The standard InChI is InChI=1S/C14H12N4OS3/c1-9-4-2-6-11(15-9)12(19)16-13-17-18-14(22-13)21-8-10-5-3-7-20-10/h2-7H,8H2,1H3,(H,16,17,19). The Balaban J connectivity index is 1.60. The highest BCUT2D eigenvalue weighted by Gasteiger charge is 2.12. The second kappa shape index (κ2) is 6.99. The number of anilines is 1. The first-order chi connectivity index (χ1) is 10.7. The molecule has 0 radical (unpaired) electrons. The Labute approximate surface area is 139 Å². The molecule has 0 aromatic carbocycles. The van der Waals surface area contributed by atoms with Crippen LogP contribution in [0.25, 0.3) is 0 Å². The molecule has 3 aromatic heterocycles. The summed E-state index contributed by atoms with van der Waals surface area (Å²) in [6, 6.07) is 9.45. The third-order valence-corrected chi connectivity index (χ3v) is 5.75. The minimum absolute atomic E-state index is 0.269. The molecule has 0 atom stereocenters. The Kier molecular flexibility index (Phi) is 4.81. The lowest BCUT2D eigenvalue weighted by Gasteiger charge is -2.00. The molecular weight excluding hydrogens is 336 g/mol. The second-order valence-electron chi connectivity index (χ2n) is 4.36. The van der Waals surface area contributed by atoms with Gasteiger partial charge in [-0.15, -0.1) is 21.5 Å². The normalized spacial score (nSPS) is 10.6. The zero-order chi connectivity index (χ0) is 15.4. The van der Waals surface area contributed by atoms with Crippen LogP contribution in [0.3, 0.4) is 0 Å². The minimum Gasteiger partial charge on any atom is -0.295 e. The Hall–Kier alpha value is -1.77. The number of aromatic nitrogens is 3. The molecule has 0 fully saturated rings. The number of hydrogen-bond acceptors (Lipinski definition) is 7. The summed E-state index contributed by atoms with van der Waals surface area (Å²) in [4.78, 5) is 17.6. The van der Waals surface area contributed by atoms with E-state index in [1.165, 1.54) is 16.2 Å². The van der Waals surface area contributed by atoms with Crippen LogP contribution in [0.5, 0.6) is 0 Å². The fourth-order valence-electron chi connectivity index (χ4n) is 1.68. The number of amides is 1. The van der Waals surface area contributed by atoms with Gasteiger partial charge in [-0.25, -0.2) is 4.98 Å². The number of carbonyl (C=O) groups excluding carboxylic acids is 1. The predicted molar refractivity (Wildman–Crippen MR) is 90.7 cm³/mol. The molecule has 3 heterocycles. The molecule has 0 saturated heterocycles. The lowest BCUT2D eigenvalue weighted by molar-refractivity contribution is 0.102. The van der Waals surface area contributed by atoms with Gasteiger partial charge in [-0.3, -0.25) is 10.1 Å². The number of nitrogens with zero attached hydrogens (tertiary/aromatic N) is 3. The van der Waals surface area contributed by atoms with E-state index in [4.69, 9.17) is 0 Å². The maximum atomic E-state index is 12.1. The van der Waals surface area contributed by atoms with E-state index in [-0.39, 0.29) is 5.91 Å². The van der Waals surface area contributed by atoms with Gasteiger partial charge in [0, 0.05) is 16.3 Å². The lowest BCUT2D eigenvalue weighted by atomic mass is 10.3. The summed E-state index contributed by atoms with van der Waals surface area (Å²) in [5, 5.41) is 13.3. The highest BCUT2D eigenvalue weighted by molar-refractivity contribution is 8.00. The van der Waals surface area contributed by atoms with E-state index >= 15 is 0 Å². The average Bonchev–Trinajstić information content (AvgIpc) is 3.16. The molecule has 0 saturated carbocycles. The van der Waals surface area contributed by atoms with Crippen molar-refractivity contribution in [3.63, 3.8) is 0 Å². The van der Waals surface area contributed by atoms with Crippen molar-refractivity contribution in [3.05, 3.63) is 52.0 Å². The predicted octanol–water partition coefficient (Wildman–Crippen LogP) is 3.85. The van der Waals surface area contributed by atoms with Gasteiger partial charge in [-0.2, -0.15) is 0 Å². The van der Waals surface area contributed by atoms with E-state index in [2.05, 4.69) is 31.9 Å². The number of thiophene rings is 1. The number of hydrogen-bond donors (Lipinski definition) is 1. The van der Waals surface area contributed by atoms with Crippen molar-refractivity contribution in [1.82, 2.24) is 15.2 Å². The topological polar surface area (TPSA) is 67.8 Å². The summed E-state index contributed by atoms with van der Waals surface area (Å²) in [6.07, 6.45) is 0. The molecule has 3 aromatic rings. The van der Waals surface area contributed by atoms with E-state index in [0.717, 1.165) is 15.8 Å². The summed E-state index contributed by atoms with van der Waals surface area (Å²) in [6.45, 7) is 1.85. The quantitative estimate of drug-likeness (QED) is 0.560. The minimum atomic E-state index is -0.269. The molecule has 0 aliphatic carbocycles. The van der Waals surface area contributed by atoms with Gasteiger partial charge in [0.15, 0.2) is 4.34 Å².